The summed E-state index contributed by atoms with van der Waals surface area (Å²) in [5.74, 6) is 0. The third-order valence-corrected chi connectivity index (χ3v) is 2.31. The van der Waals surface area contributed by atoms with Crippen molar-refractivity contribution in [3.63, 3.8) is 0 Å². The molecule has 2 aromatic heterocycles. The molecule has 0 saturated heterocycles. The Morgan fingerprint density at radius 3 is 2.64 bits per heavy atom. The minimum atomic E-state index is -0.631. The molecule has 2 aromatic rings. The van der Waals surface area contributed by atoms with Crippen molar-refractivity contribution in [2.75, 3.05) is 0 Å². The van der Waals surface area contributed by atoms with E-state index in [4.69, 9.17) is 23.2 Å². The molecule has 0 fully saturated rings. The topological polar surface area (TPSA) is 78.6 Å². The van der Waals surface area contributed by atoms with Gasteiger partial charge < -0.3 is 0 Å². The molecule has 7 heteroatoms. The number of rotatable bonds is 0. The maximum atomic E-state index is 11.2. The molecule has 0 aromatic carbocycles. The van der Waals surface area contributed by atoms with E-state index in [1.165, 1.54) is 6.07 Å². The van der Waals surface area contributed by atoms with Crippen molar-refractivity contribution in [2.24, 2.45) is 0 Å². The summed E-state index contributed by atoms with van der Waals surface area (Å²) in [6.45, 7) is 0. The summed E-state index contributed by atoms with van der Waals surface area (Å²) in [4.78, 5) is 30.3. The summed E-state index contributed by atoms with van der Waals surface area (Å²) in [6, 6.07) is 1.35. The summed E-state index contributed by atoms with van der Waals surface area (Å²) in [6.07, 6.45) is 0. The third-order valence-electron chi connectivity index (χ3n) is 1.64. The van der Waals surface area contributed by atoms with Crippen LogP contribution in [0.1, 0.15) is 0 Å². The Kier molecular flexibility index (Phi) is 2.05. The summed E-state index contributed by atoms with van der Waals surface area (Å²) in [7, 11) is 0. The van der Waals surface area contributed by atoms with Gasteiger partial charge >= 0.3 is 5.69 Å². The van der Waals surface area contributed by atoms with E-state index in [1.54, 1.807) is 0 Å². The van der Waals surface area contributed by atoms with Crippen molar-refractivity contribution in [2.45, 2.75) is 0 Å². The molecule has 0 atom stereocenters. The molecule has 0 amide bonds. The molecule has 0 aliphatic heterocycles. The number of hydrogen-bond acceptors (Lipinski definition) is 3. The van der Waals surface area contributed by atoms with Gasteiger partial charge in [0.15, 0.2) is 0 Å². The summed E-state index contributed by atoms with van der Waals surface area (Å²) in [5.41, 5.74) is -1.06. The Hall–Kier alpha value is -1.33. The molecule has 0 radical (unpaired) electrons. The van der Waals surface area contributed by atoms with Crippen molar-refractivity contribution in [1.82, 2.24) is 15.0 Å². The van der Waals surface area contributed by atoms with Gasteiger partial charge in [-0.2, -0.15) is 0 Å². The van der Waals surface area contributed by atoms with E-state index < -0.39 is 11.2 Å². The van der Waals surface area contributed by atoms with Crippen LogP contribution in [0.3, 0.4) is 0 Å². The van der Waals surface area contributed by atoms with E-state index in [2.05, 4.69) is 15.0 Å². The maximum absolute atomic E-state index is 11.2. The van der Waals surface area contributed by atoms with E-state index in [-0.39, 0.29) is 21.2 Å². The fourth-order valence-electron chi connectivity index (χ4n) is 1.04. The van der Waals surface area contributed by atoms with Crippen LogP contribution in [-0.4, -0.2) is 15.0 Å². The van der Waals surface area contributed by atoms with Crippen LogP contribution in [0.5, 0.6) is 0 Å². The Labute approximate surface area is 86.7 Å². The molecular formula is C7H3Cl2N3O2. The normalized spacial score (nSPS) is 10.7. The first-order valence-electron chi connectivity index (χ1n) is 3.56. The van der Waals surface area contributed by atoms with Gasteiger partial charge in [-0.1, -0.05) is 23.2 Å². The van der Waals surface area contributed by atoms with E-state index in [1.807, 2.05) is 0 Å². The molecule has 2 N–H and O–H groups in total. The van der Waals surface area contributed by atoms with Crippen LogP contribution in [-0.2, 0) is 0 Å². The monoisotopic (exact) mass is 231 g/mol. The number of hydrogen-bond donors (Lipinski definition) is 2. The first-order valence-corrected chi connectivity index (χ1v) is 4.32. The lowest BCUT2D eigenvalue weighted by Crippen LogP contribution is -2.22. The molecule has 5 nitrogen and oxygen atoms in total. The standard InChI is InChI=1S/C7H3Cl2N3O2/c8-3-1-2-5(10-4(3)9)11-7(14)12-6(2)13/h1H,(H2,10,11,12,13,14). The highest BCUT2D eigenvalue weighted by atomic mass is 35.5. The van der Waals surface area contributed by atoms with Crippen LogP contribution in [0.2, 0.25) is 10.2 Å². The highest BCUT2D eigenvalue weighted by molar-refractivity contribution is 6.41. The molecule has 2 heterocycles. The fourth-order valence-corrected chi connectivity index (χ4v) is 1.33. The zero-order valence-corrected chi connectivity index (χ0v) is 8.11. The minimum Gasteiger partial charge on any atom is -0.291 e. The Balaban J connectivity index is 3.03. The Morgan fingerprint density at radius 1 is 1.21 bits per heavy atom. The SMILES string of the molecule is O=c1[nH]c(=O)c2cc(Cl)c(Cl)nc2[nH]1. The zero-order chi connectivity index (χ0) is 10.3. The lowest BCUT2D eigenvalue weighted by atomic mass is 10.3. The minimum absolute atomic E-state index is 0.0421. The second kappa shape index (κ2) is 3.11. The molecule has 72 valence electrons. The van der Waals surface area contributed by atoms with Gasteiger partial charge in [0.2, 0.25) is 0 Å². The number of aromatic nitrogens is 3. The molecule has 0 saturated carbocycles. The predicted molar refractivity (Wildman–Crippen MR) is 53.0 cm³/mol. The molecule has 2 rings (SSSR count). The molecular weight excluding hydrogens is 229 g/mol. The largest absolute Gasteiger partial charge is 0.327 e. The van der Waals surface area contributed by atoms with Crippen molar-refractivity contribution in [3.05, 3.63) is 37.1 Å². The number of nitrogens with one attached hydrogen (secondary N) is 2. The van der Waals surface area contributed by atoms with Gasteiger partial charge in [-0.3, -0.25) is 14.8 Å². The number of fused-ring (bicyclic) bond motifs is 1. The van der Waals surface area contributed by atoms with E-state index in [9.17, 15) is 9.59 Å². The quantitative estimate of drug-likeness (QED) is 0.662. The average molecular weight is 232 g/mol. The van der Waals surface area contributed by atoms with E-state index in [0.717, 1.165) is 0 Å². The summed E-state index contributed by atoms with van der Waals surface area (Å²) < 4.78 is 0. The number of H-pyrrole nitrogens is 2. The molecule has 0 aliphatic carbocycles. The Bertz CT molecular complexity index is 616. The third kappa shape index (κ3) is 1.40. The van der Waals surface area contributed by atoms with E-state index in [0.29, 0.717) is 0 Å². The summed E-state index contributed by atoms with van der Waals surface area (Å²) in [5, 5.41) is 0.399. The van der Waals surface area contributed by atoms with Gasteiger partial charge in [-0.15, -0.1) is 0 Å². The lowest BCUT2D eigenvalue weighted by Gasteiger charge is -1.97. The van der Waals surface area contributed by atoms with Crippen LogP contribution in [0.15, 0.2) is 15.7 Å². The molecule has 0 spiro atoms. The molecule has 14 heavy (non-hydrogen) atoms. The molecule has 0 aliphatic rings. The number of aromatic amines is 2. The van der Waals surface area contributed by atoms with Gasteiger partial charge in [-0.25, -0.2) is 9.78 Å². The highest BCUT2D eigenvalue weighted by Crippen LogP contribution is 2.20. The second-order valence-corrected chi connectivity index (χ2v) is 3.33. The highest BCUT2D eigenvalue weighted by Gasteiger charge is 2.06. The van der Waals surface area contributed by atoms with Gasteiger partial charge in [0.1, 0.15) is 10.8 Å². The smallest absolute Gasteiger partial charge is 0.291 e. The Morgan fingerprint density at radius 2 is 1.93 bits per heavy atom. The first kappa shape index (κ1) is 9.23. The lowest BCUT2D eigenvalue weighted by molar-refractivity contribution is 1.06. The van der Waals surface area contributed by atoms with Crippen LogP contribution >= 0.6 is 23.2 Å². The molecule has 0 unspecified atom stereocenters. The van der Waals surface area contributed by atoms with Crippen molar-refractivity contribution >= 4 is 34.2 Å². The van der Waals surface area contributed by atoms with Gasteiger partial charge in [-0.05, 0) is 6.07 Å². The van der Waals surface area contributed by atoms with Crippen molar-refractivity contribution < 1.29 is 0 Å². The van der Waals surface area contributed by atoms with Crippen LogP contribution in [0.4, 0.5) is 0 Å². The second-order valence-electron chi connectivity index (χ2n) is 2.57. The van der Waals surface area contributed by atoms with Gasteiger partial charge in [0.05, 0.1) is 10.4 Å². The van der Waals surface area contributed by atoms with Crippen LogP contribution < -0.4 is 11.2 Å². The summed E-state index contributed by atoms with van der Waals surface area (Å²) >= 11 is 11.3. The molecule has 0 bridgehead atoms. The van der Waals surface area contributed by atoms with Crippen molar-refractivity contribution in [1.29, 1.82) is 0 Å². The first-order chi connectivity index (χ1) is 6.58. The number of nitrogens with zero attached hydrogens (tertiary/aromatic N) is 1. The van der Waals surface area contributed by atoms with Crippen molar-refractivity contribution in [3.8, 4) is 0 Å². The van der Waals surface area contributed by atoms with Gasteiger partial charge in [0, 0.05) is 0 Å². The van der Waals surface area contributed by atoms with E-state index >= 15 is 0 Å². The fraction of sp³-hybridized carbons (Fsp3) is 0. The number of pyridine rings is 1. The van der Waals surface area contributed by atoms with Crippen LogP contribution in [0, 0.1) is 0 Å². The average Bonchev–Trinajstić information content (AvgIpc) is 2.08. The maximum Gasteiger partial charge on any atom is 0.327 e. The number of halogens is 2. The zero-order valence-electron chi connectivity index (χ0n) is 6.60. The van der Waals surface area contributed by atoms with Crippen LogP contribution in [0.25, 0.3) is 11.0 Å². The van der Waals surface area contributed by atoms with Gasteiger partial charge in [0.25, 0.3) is 5.56 Å². The predicted octanol–water partition coefficient (Wildman–Crippen LogP) is 0.918.